The lowest BCUT2D eigenvalue weighted by Gasteiger charge is -1.74. The van der Waals surface area contributed by atoms with E-state index in [1.807, 2.05) is 17.1 Å². The summed E-state index contributed by atoms with van der Waals surface area (Å²) >= 11 is 4.93. The van der Waals surface area contributed by atoms with E-state index in [-0.39, 0.29) is 0 Å². The molecule has 1 heterocycles. The first-order valence-corrected chi connectivity index (χ1v) is 4.03. The number of halogens is 1. The van der Waals surface area contributed by atoms with Crippen LogP contribution in [0.15, 0.2) is 22.5 Å². The molecule has 0 atom stereocenters. The lowest BCUT2D eigenvalue weighted by molar-refractivity contribution is 1.96. The Kier molecular flexibility index (Phi) is 2.30. The van der Waals surface area contributed by atoms with E-state index in [0.717, 1.165) is 0 Å². The summed E-state index contributed by atoms with van der Waals surface area (Å²) in [4.78, 5) is 3.14. The van der Waals surface area contributed by atoms with Crippen molar-refractivity contribution in [1.29, 1.82) is 0 Å². The molecular formula is C6H5BrS. The van der Waals surface area contributed by atoms with Gasteiger partial charge in [0.2, 0.25) is 0 Å². The zero-order chi connectivity index (χ0) is 5.82. The molecule has 2 heteroatoms. The predicted molar refractivity (Wildman–Crippen MR) is 42.3 cm³/mol. The Balaban J connectivity index is 2.77. The first kappa shape index (κ1) is 6.05. The van der Waals surface area contributed by atoms with Gasteiger partial charge in [-0.1, -0.05) is 22.0 Å². The van der Waals surface area contributed by atoms with Gasteiger partial charge in [0.05, 0.1) is 0 Å². The lowest BCUT2D eigenvalue weighted by Crippen LogP contribution is -1.48. The van der Waals surface area contributed by atoms with E-state index in [1.54, 1.807) is 11.3 Å². The maximum absolute atomic E-state index is 3.20. The molecule has 0 N–H and O–H groups in total. The molecule has 0 aliphatic heterocycles. The van der Waals surface area contributed by atoms with Crippen LogP contribution in [0.1, 0.15) is 4.88 Å². The topological polar surface area (TPSA) is 0 Å². The van der Waals surface area contributed by atoms with Crippen molar-refractivity contribution in [3.63, 3.8) is 0 Å². The molecular weight excluding hydrogens is 184 g/mol. The zero-order valence-corrected chi connectivity index (χ0v) is 6.58. The minimum Gasteiger partial charge on any atom is -0.144 e. The maximum Gasteiger partial charge on any atom is 0.0275 e. The molecule has 0 aliphatic rings. The highest BCUT2D eigenvalue weighted by molar-refractivity contribution is 9.11. The van der Waals surface area contributed by atoms with Crippen molar-refractivity contribution in [2.45, 2.75) is 0 Å². The second-order valence-corrected chi connectivity index (χ2v) is 2.82. The van der Waals surface area contributed by atoms with Gasteiger partial charge in [-0.3, -0.25) is 0 Å². The van der Waals surface area contributed by atoms with E-state index in [0.29, 0.717) is 0 Å². The Hall–Kier alpha value is -0.0800. The molecule has 1 rings (SSSR count). The van der Waals surface area contributed by atoms with Gasteiger partial charge in [0.15, 0.2) is 0 Å². The van der Waals surface area contributed by atoms with Gasteiger partial charge in [-0.25, -0.2) is 0 Å². The van der Waals surface area contributed by atoms with Gasteiger partial charge in [-0.15, -0.1) is 11.3 Å². The molecule has 0 aliphatic carbocycles. The standard InChI is InChI=1S/C6H5BrS/c7-4-3-6-2-1-5-8-6/h1-5H/b4-3-. The molecule has 0 saturated carbocycles. The molecule has 0 nitrogen and oxygen atoms in total. The van der Waals surface area contributed by atoms with Crippen LogP contribution in [-0.4, -0.2) is 0 Å². The van der Waals surface area contributed by atoms with Crippen molar-refractivity contribution in [3.8, 4) is 0 Å². The van der Waals surface area contributed by atoms with Crippen LogP contribution in [0.5, 0.6) is 0 Å². The molecule has 0 amide bonds. The van der Waals surface area contributed by atoms with Crippen molar-refractivity contribution >= 4 is 33.3 Å². The Bertz CT molecular complexity index is 165. The summed E-state index contributed by atoms with van der Waals surface area (Å²) in [6.45, 7) is 0. The van der Waals surface area contributed by atoms with Crippen LogP contribution in [0.4, 0.5) is 0 Å². The van der Waals surface area contributed by atoms with E-state index in [9.17, 15) is 0 Å². The monoisotopic (exact) mass is 188 g/mol. The van der Waals surface area contributed by atoms with E-state index < -0.39 is 0 Å². The molecule has 42 valence electrons. The van der Waals surface area contributed by atoms with Crippen LogP contribution in [0.3, 0.4) is 0 Å². The highest BCUT2D eigenvalue weighted by Crippen LogP contribution is 2.10. The van der Waals surface area contributed by atoms with Crippen LogP contribution in [0.25, 0.3) is 6.08 Å². The molecule has 1 aromatic heterocycles. The predicted octanol–water partition coefficient (Wildman–Crippen LogP) is 3.11. The largest absolute Gasteiger partial charge is 0.144 e. The number of thiophene rings is 1. The first-order valence-electron chi connectivity index (χ1n) is 2.24. The zero-order valence-electron chi connectivity index (χ0n) is 4.17. The lowest BCUT2D eigenvalue weighted by atomic mass is 10.5. The molecule has 0 radical (unpaired) electrons. The molecule has 0 fully saturated rings. The summed E-state index contributed by atoms with van der Waals surface area (Å²) in [7, 11) is 0. The SMILES string of the molecule is Br/C=C\c1cccs1. The molecule has 0 spiro atoms. The maximum atomic E-state index is 3.20. The van der Waals surface area contributed by atoms with Crippen LogP contribution < -0.4 is 0 Å². The van der Waals surface area contributed by atoms with Gasteiger partial charge >= 0.3 is 0 Å². The van der Waals surface area contributed by atoms with E-state index in [1.165, 1.54) is 4.88 Å². The third-order valence-electron chi connectivity index (χ3n) is 0.770. The van der Waals surface area contributed by atoms with Crippen LogP contribution >= 0.6 is 27.3 Å². The van der Waals surface area contributed by atoms with Gasteiger partial charge in [-0.2, -0.15) is 0 Å². The smallest absolute Gasteiger partial charge is 0.0275 e. The summed E-state index contributed by atoms with van der Waals surface area (Å²) in [5, 5.41) is 2.06. The highest BCUT2D eigenvalue weighted by atomic mass is 79.9. The van der Waals surface area contributed by atoms with Crippen LogP contribution in [-0.2, 0) is 0 Å². The van der Waals surface area contributed by atoms with Crippen LogP contribution in [0.2, 0.25) is 0 Å². The van der Waals surface area contributed by atoms with Gasteiger partial charge in [-0.05, 0) is 22.5 Å². The fourth-order valence-electron chi connectivity index (χ4n) is 0.448. The first-order chi connectivity index (χ1) is 3.93. The second-order valence-electron chi connectivity index (χ2n) is 1.31. The number of rotatable bonds is 1. The number of hydrogen-bond acceptors (Lipinski definition) is 1. The van der Waals surface area contributed by atoms with Gasteiger partial charge < -0.3 is 0 Å². The molecule has 0 saturated heterocycles. The Morgan fingerprint density at radius 1 is 1.62 bits per heavy atom. The Labute approximate surface area is 61.0 Å². The van der Waals surface area contributed by atoms with E-state index >= 15 is 0 Å². The van der Waals surface area contributed by atoms with E-state index in [2.05, 4.69) is 27.4 Å². The average molecular weight is 189 g/mol. The normalized spacial score (nSPS) is 10.6. The molecule has 8 heavy (non-hydrogen) atoms. The van der Waals surface area contributed by atoms with Crippen molar-refractivity contribution < 1.29 is 0 Å². The average Bonchev–Trinajstić information content (AvgIpc) is 2.19. The highest BCUT2D eigenvalue weighted by Gasteiger charge is 1.80. The van der Waals surface area contributed by atoms with Crippen LogP contribution in [0, 0.1) is 0 Å². The van der Waals surface area contributed by atoms with E-state index in [4.69, 9.17) is 0 Å². The van der Waals surface area contributed by atoms with Crippen molar-refractivity contribution in [3.05, 3.63) is 27.4 Å². The van der Waals surface area contributed by atoms with Gasteiger partial charge in [0.25, 0.3) is 0 Å². The Morgan fingerprint density at radius 3 is 3.00 bits per heavy atom. The third-order valence-corrected chi connectivity index (χ3v) is 1.87. The second kappa shape index (κ2) is 3.05. The minimum absolute atomic E-state index is 1.28. The Morgan fingerprint density at radius 2 is 2.50 bits per heavy atom. The van der Waals surface area contributed by atoms with Crippen molar-refractivity contribution in [1.82, 2.24) is 0 Å². The van der Waals surface area contributed by atoms with Gasteiger partial charge in [0, 0.05) is 4.88 Å². The molecule has 1 aromatic rings. The summed E-state index contributed by atoms with van der Waals surface area (Å²) in [6, 6.07) is 4.11. The third kappa shape index (κ3) is 1.46. The summed E-state index contributed by atoms with van der Waals surface area (Å²) in [6.07, 6.45) is 2.02. The fourth-order valence-corrected chi connectivity index (χ4v) is 1.53. The van der Waals surface area contributed by atoms with Crippen molar-refractivity contribution in [2.75, 3.05) is 0 Å². The summed E-state index contributed by atoms with van der Waals surface area (Å²) in [5.41, 5.74) is 0. The molecule has 0 unspecified atom stereocenters. The number of hydrogen-bond donors (Lipinski definition) is 0. The fraction of sp³-hybridized carbons (Fsp3) is 0. The van der Waals surface area contributed by atoms with Crippen molar-refractivity contribution in [2.24, 2.45) is 0 Å². The van der Waals surface area contributed by atoms with Gasteiger partial charge in [0.1, 0.15) is 0 Å². The molecule has 0 bridgehead atoms. The summed E-state index contributed by atoms with van der Waals surface area (Å²) in [5.74, 6) is 0. The quantitative estimate of drug-likeness (QED) is 0.636. The minimum atomic E-state index is 1.28. The molecule has 0 aromatic carbocycles. The summed E-state index contributed by atoms with van der Waals surface area (Å²) < 4.78 is 0.